The van der Waals surface area contributed by atoms with E-state index >= 15 is 0 Å². The molecule has 0 aromatic rings. The second-order valence-electron chi connectivity index (χ2n) is 5.94. The van der Waals surface area contributed by atoms with Crippen LogP contribution in [0.15, 0.2) is 0 Å². The summed E-state index contributed by atoms with van der Waals surface area (Å²) in [6.45, 7) is 5.10. The molecule has 0 atom stereocenters. The second kappa shape index (κ2) is 8.93. The smallest absolute Gasteiger partial charge is 0.211 e. The number of hydrogen-bond donors (Lipinski definition) is 2. The minimum atomic E-state index is -3.08. The van der Waals surface area contributed by atoms with Gasteiger partial charge in [0.2, 0.25) is 10.0 Å². The van der Waals surface area contributed by atoms with E-state index in [2.05, 4.69) is 23.9 Å². The maximum atomic E-state index is 12.0. The fourth-order valence-corrected chi connectivity index (χ4v) is 3.96. The Morgan fingerprint density at radius 1 is 1.05 bits per heavy atom. The van der Waals surface area contributed by atoms with E-state index in [-0.39, 0.29) is 11.8 Å². The average molecular weight is 290 g/mol. The fourth-order valence-electron chi connectivity index (χ4n) is 2.52. The summed E-state index contributed by atoms with van der Waals surface area (Å²) in [5.41, 5.74) is 0. The molecule has 1 aliphatic carbocycles. The topological polar surface area (TPSA) is 58.2 Å². The van der Waals surface area contributed by atoms with Gasteiger partial charge in [-0.1, -0.05) is 39.5 Å². The van der Waals surface area contributed by atoms with Crippen LogP contribution in [0, 0.1) is 0 Å². The first-order chi connectivity index (χ1) is 8.99. The van der Waals surface area contributed by atoms with Gasteiger partial charge < -0.3 is 5.32 Å². The van der Waals surface area contributed by atoms with Gasteiger partial charge in [0.15, 0.2) is 0 Å². The minimum Gasteiger partial charge on any atom is -0.315 e. The van der Waals surface area contributed by atoms with Gasteiger partial charge in [-0.2, -0.15) is 0 Å². The lowest BCUT2D eigenvalue weighted by Gasteiger charge is -2.16. The fraction of sp³-hybridized carbons (Fsp3) is 1.00. The maximum Gasteiger partial charge on any atom is 0.211 e. The average Bonchev–Trinajstić information content (AvgIpc) is 2.56. The van der Waals surface area contributed by atoms with Crippen molar-refractivity contribution in [2.24, 2.45) is 0 Å². The highest BCUT2D eigenvalue weighted by atomic mass is 32.2. The Hall–Kier alpha value is -0.130. The van der Waals surface area contributed by atoms with E-state index in [0.29, 0.717) is 6.04 Å². The maximum absolute atomic E-state index is 12.0. The Morgan fingerprint density at radius 2 is 1.68 bits per heavy atom. The van der Waals surface area contributed by atoms with Crippen molar-refractivity contribution in [2.45, 2.75) is 77.3 Å². The molecule has 1 aliphatic rings. The van der Waals surface area contributed by atoms with Gasteiger partial charge in [-0.05, 0) is 32.2 Å². The summed E-state index contributed by atoms with van der Waals surface area (Å²) in [5, 5.41) is 3.31. The predicted molar refractivity (Wildman–Crippen MR) is 80.8 cm³/mol. The zero-order valence-electron chi connectivity index (χ0n) is 12.5. The number of rotatable bonds is 8. The van der Waals surface area contributed by atoms with Crippen LogP contribution in [0.3, 0.4) is 0 Å². The Bertz CT molecular complexity index is 320. The van der Waals surface area contributed by atoms with Crippen molar-refractivity contribution < 1.29 is 8.42 Å². The van der Waals surface area contributed by atoms with Crippen LogP contribution in [0.5, 0.6) is 0 Å². The first-order valence-corrected chi connectivity index (χ1v) is 9.38. The van der Waals surface area contributed by atoms with Crippen LogP contribution in [-0.2, 0) is 10.0 Å². The molecule has 0 bridgehead atoms. The molecule has 1 rings (SSSR count). The van der Waals surface area contributed by atoms with E-state index < -0.39 is 10.0 Å². The number of nitrogens with one attached hydrogen (secondary N) is 2. The van der Waals surface area contributed by atoms with Crippen LogP contribution in [0.4, 0.5) is 0 Å². The first kappa shape index (κ1) is 16.9. The SMILES string of the molecule is CC(C)NCCCCS(=O)(=O)NC1CCCCCC1. The molecular weight excluding hydrogens is 260 g/mol. The van der Waals surface area contributed by atoms with Crippen molar-refractivity contribution >= 4 is 10.0 Å². The standard InChI is InChI=1S/C14H30N2O2S/c1-13(2)15-11-7-8-12-19(17,18)16-14-9-5-3-4-6-10-14/h13-16H,3-12H2,1-2H3. The van der Waals surface area contributed by atoms with E-state index in [1.54, 1.807) is 0 Å². The molecule has 0 aromatic heterocycles. The molecule has 114 valence electrons. The summed E-state index contributed by atoms with van der Waals surface area (Å²) in [6, 6.07) is 0.655. The van der Waals surface area contributed by atoms with E-state index in [9.17, 15) is 8.42 Å². The zero-order valence-corrected chi connectivity index (χ0v) is 13.3. The van der Waals surface area contributed by atoms with Crippen molar-refractivity contribution in [2.75, 3.05) is 12.3 Å². The van der Waals surface area contributed by atoms with E-state index in [1.807, 2.05) is 0 Å². The molecule has 0 unspecified atom stereocenters. The molecule has 0 aromatic carbocycles. The summed E-state index contributed by atoms with van der Waals surface area (Å²) < 4.78 is 26.8. The highest BCUT2D eigenvalue weighted by molar-refractivity contribution is 7.89. The lowest BCUT2D eigenvalue weighted by molar-refractivity contribution is 0.506. The van der Waals surface area contributed by atoms with E-state index in [1.165, 1.54) is 12.8 Å². The molecule has 0 amide bonds. The van der Waals surface area contributed by atoms with Crippen molar-refractivity contribution in [3.05, 3.63) is 0 Å². The summed E-state index contributed by atoms with van der Waals surface area (Å²) in [7, 11) is -3.08. The van der Waals surface area contributed by atoms with Gasteiger partial charge in [-0.25, -0.2) is 13.1 Å². The van der Waals surface area contributed by atoms with Crippen LogP contribution >= 0.6 is 0 Å². The molecular formula is C14H30N2O2S. The summed E-state index contributed by atoms with van der Waals surface area (Å²) in [5.74, 6) is 0.267. The third-order valence-electron chi connectivity index (χ3n) is 3.59. The highest BCUT2D eigenvalue weighted by Gasteiger charge is 2.18. The molecule has 0 saturated heterocycles. The largest absolute Gasteiger partial charge is 0.315 e. The molecule has 1 fully saturated rings. The van der Waals surface area contributed by atoms with Crippen LogP contribution in [0.1, 0.15) is 65.2 Å². The van der Waals surface area contributed by atoms with Crippen molar-refractivity contribution in [3.63, 3.8) is 0 Å². The van der Waals surface area contributed by atoms with Crippen LogP contribution in [0.25, 0.3) is 0 Å². The molecule has 19 heavy (non-hydrogen) atoms. The van der Waals surface area contributed by atoms with Crippen molar-refractivity contribution in [1.82, 2.24) is 10.0 Å². The monoisotopic (exact) mass is 290 g/mol. The lowest BCUT2D eigenvalue weighted by Crippen LogP contribution is -2.36. The minimum absolute atomic E-state index is 0.182. The first-order valence-electron chi connectivity index (χ1n) is 7.73. The normalized spacial score (nSPS) is 18.7. The molecule has 1 saturated carbocycles. The van der Waals surface area contributed by atoms with Gasteiger partial charge >= 0.3 is 0 Å². The van der Waals surface area contributed by atoms with Gasteiger partial charge in [0.1, 0.15) is 0 Å². The van der Waals surface area contributed by atoms with E-state index in [0.717, 1.165) is 45.1 Å². The van der Waals surface area contributed by atoms with Crippen LogP contribution in [-0.4, -0.2) is 32.8 Å². The van der Waals surface area contributed by atoms with Gasteiger partial charge in [0.25, 0.3) is 0 Å². The summed E-state index contributed by atoms with van der Waals surface area (Å²) >= 11 is 0. The predicted octanol–water partition coefficient (Wildman–Crippen LogP) is 2.41. The zero-order chi connectivity index (χ0) is 14.1. The third-order valence-corrected chi connectivity index (χ3v) is 5.11. The lowest BCUT2D eigenvalue weighted by atomic mass is 10.1. The molecule has 0 radical (unpaired) electrons. The van der Waals surface area contributed by atoms with Gasteiger partial charge in [0, 0.05) is 12.1 Å². The molecule has 5 heteroatoms. The van der Waals surface area contributed by atoms with Crippen LogP contribution < -0.4 is 10.0 Å². The van der Waals surface area contributed by atoms with Crippen molar-refractivity contribution in [3.8, 4) is 0 Å². The molecule has 0 heterocycles. The Balaban J connectivity index is 2.19. The number of unbranched alkanes of at least 4 members (excludes halogenated alkanes) is 1. The Morgan fingerprint density at radius 3 is 2.26 bits per heavy atom. The highest BCUT2D eigenvalue weighted by Crippen LogP contribution is 2.17. The number of sulfonamides is 1. The Labute approximate surface area is 118 Å². The Kier molecular flexibility index (Phi) is 7.95. The second-order valence-corrected chi connectivity index (χ2v) is 7.81. The quantitative estimate of drug-likeness (QED) is 0.533. The van der Waals surface area contributed by atoms with Gasteiger partial charge in [0.05, 0.1) is 5.75 Å². The number of hydrogen-bond acceptors (Lipinski definition) is 3. The van der Waals surface area contributed by atoms with E-state index in [4.69, 9.17) is 0 Å². The molecule has 0 aliphatic heterocycles. The van der Waals surface area contributed by atoms with Crippen LogP contribution in [0.2, 0.25) is 0 Å². The summed E-state index contributed by atoms with van der Waals surface area (Å²) in [4.78, 5) is 0. The summed E-state index contributed by atoms with van der Waals surface area (Å²) in [6.07, 6.45) is 8.49. The molecule has 0 spiro atoms. The third kappa shape index (κ3) is 8.60. The van der Waals surface area contributed by atoms with Gasteiger partial charge in [-0.15, -0.1) is 0 Å². The van der Waals surface area contributed by atoms with Gasteiger partial charge in [-0.3, -0.25) is 0 Å². The molecule has 4 nitrogen and oxygen atoms in total. The molecule has 2 N–H and O–H groups in total. The van der Waals surface area contributed by atoms with Crippen molar-refractivity contribution in [1.29, 1.82) is 0 Å².